The average Bonchev–Trinajstić information content (AvgIpc) is 2.49. The van der Waals surface area contributed by atoms with E-state index in [1.54, 1.807) is 0 Å². The zero-order valence-electron chi connectivity index (χ0n) is 13.4. The average molecular weight is 279 g/mol. The molecule has 0 saturated carbocycles. The van der Waals surface area contributed by atoms with E-state index in [-0.39, 0.29) is 0 Å². The Bertz CT molecular complexity index is 599. The van der Waals surface area contributed by atoms with Crippen LogP contribution >= 0.6 is 0 Å². The van der Waals surface area contributed by atoms with Crippen molar-refractivity contribution in [1.82, 2.24) is 0 Å². The second kappa shape index (κ2) is 7.21. The van der Waals surface area contributed by atoms with Gasteiger partial charge in [-0.3, -0.25) is 0 Å². The summed E-state index contributed by atoms with van der Waals surface area (Å²) in [7, 11) is 0. The molecule has 0 radical (unpaired) electrons. The van der Waals surface area contributed by atoms with Crippen LogP contribution < -0.4 is 0 Å². The second-order valence-corrected chi connectivity index (χ2v) is 5.93. The van der Waals surface area contributed by atoms with Crippen LogP contribution in [0.5, 0.6) is 0 Å². The van der Waals surface area contributed by atoms with Crippen LogP contribution in [0.25, 0.3) is 0 Å². The molecule has 0 N–H and O–H groups in total. The molecule has 0 aliphatic carbocycles. The molecule has 1 heteroatoms. The Labute approximate surface area is 128 Å². The molecular formula is C20H25N. The fraction of sp³-hybridized carbons (Fsp3) is 0.350. The maximum absolute atomic E-state index is 3.98. The van der Waals surface area contributed by atoms with Crippen molar-refractivity contribution in [2.45, 2.75) is 39.5 Å². The van der Waals surface area contributed by atoms with E-state index >= 15 is 0 Å². The normalized spacial score (nSPS) is 12.1. The highest BCUT2D eigenvalue weighted by atomic mass is 14.7. The van der Waals surface area contributed by atoms with E-state index in [0.717, 1.165) is 19.4 Å². The molecule has 2 aromatic carbocycles. The Hall–Kier alpha value is -1.89. The van der Waals surface area contributed by atoms with Gasteiger partial charge < -0.3 is 4.99 Å². The molecule has 1 unspecified atom stereocenters. The maximum atomic E-state index is 3.98. The fourth-order valence-electron chi connectivity index (χ4n) is 2.88. The third-order valence-corrected chi connectivity index (χ3v) is 4.21. The number of hydrogen-bond acceptors (Lipinski definition) is 1. The lowest BCUT2D eigenvalue weighted by Crippen LogP contribution is -2.02. The summed E-state index contributed by atoms with van der Waals surface area (Å²) < 4.78 is 0. The van der Waals surface area contributed by atoms with Crippen molar-refractivity contribution in [3.05, 3.63) is 70.3 Å². The number of rotatable bonds is 6. The van der Waals surface area contributed by atoms with Crippen LogP contribution in [0.4, 0.5) is 0 Å². The molecule has 2 aromatic rings. The molecule has 0 aliphatic rings. The lowest BCUT2D eigenvalue weighted by molar-refractivity contribution is 0.687. The van der Waals surface area contributed by atoms with E-state index in [1.807, 2.05) is 0 Å². The SMILES string of the molecule is C=NCCC(C)c1cc(C)c(Cc2ccccc2)cc1C. The van der Waals surface area contributed by atoms with E-state index in [9.17, 15) is 0 Å². The molecule has 0 saturated heterocycles. The number of nitrogens with zero attached hydrogens (tertiary/aromatic N) is 1. The van der Waals surface area contributed by atoms with E-state index < -0.39 is 0 Å². The summed E-state index contributed by atoms with van der Waals surface area (Å²) in [4.78, 5) is 3.98. The van der Waals surface area contributed by atoms with Gasteiger partial charge in [0.2, 0.25) is 0 Å². The monoisotopic (exact) mass is 279 g/mol. The molecule has 0 aliphatic heterocycles. The van der Waals surface area contributed by atoms with Gasteiger partial charge in [-0.1, -0.05) is 49.4 Å². The van der Waals surface area contributed by atoms with Crippen molar-refractivity contribution in [2.75, 3.05) is 6.54 Å². The Morgan fingerprint density at radius 3 is 2.43 bits per heavy atom. The molecule has 1 nitrogen and oxygen atoms in total. The molecule has 0 spiro atoms. The summed E-state index contributed by atoms with van der Waals surface area (Å²) in [5.41, 5.74) is 7.03. The predicted molar refractivity (Wildman–Crippen MR) is 92.6 cm³/mol. The van der Waals surface area contributed by atoms with Gasteiger partial charge in [-0.2, -0.15) is 0 Å². The van der Waals surface area contributed by atoms with Gasteiger partial charge in [0.15, 0.2) is 0 Å². The topological polar surface area (TPSA) is 12.4 Å². The number of benzene rings is 2. The molecule has 1 atom stereocenters. The first-order valence-corrected chi connectivity index (χ1v) is 7.68. The van der Waals surface area contributed by atoms with Gasteiger partial charge in [0.1, 0.15) is 0 Å². The summed E-state index contributed by atoms with van der Waals surface area (Å²) in [6.07, 6.45) is 2.08. The first kappa shape index (κ1) is 15.5. The lowest BCUT2D eigenvalue weighted by atomic mass is 9.88. The van der Waals surface area contributed by atoms with Crippen molar-refractivity contribution in [2.24, 2.45) is 4.99 Å². The van der Waals surface area contributed by atoms with E-state index in [1.165, 1.54) is 27.8 Å². The minimum absolute atomic E-state index is 0.542. The third-order valence-electron chi connectivity index (χ3n) is 4.21. The van der Waals surface area contributed by atoms with E-state index in [4.69, 9.17) is 0 Å². The van der Waals surface area contributed by atoms with Gasteiger partial charge >= 0.3 is 0 Å². The smallest absolute Gasteiger partial charge is 0.0387 e. The van der Waals surface area contributed by atoms with Crippen LogP contribution in [0.1, 0.15) is 47.1 Å². The van der Waals surface area contributed by atoms with Gasteiger partial charge in [0.05, 0.1) is 0 Å². The van der Waals surface area contributed by atoms with Crippen molar-refractivity contribution in [3.8, 4) is 0 Å². The number of aryl methyl sites for hydroxylation is 2. The summed E-state index contributed by atoms with van der Waals surface area (Å²) >= 11 is 0. The van der Waals surface area contributed by atoms with Crippen LogP contribution in [0.3, 0.4) is 0 Å². The quantitative estimate of drug-likeness (QED) is 0.653. The Morgan fingerprint density at radius 1 is 1.05 bits per heavy atom. The first-order chi connectivity index (χ1) is 10.1. The third kappa shape index (κ3) is 4.04. The maximum Gasteiger partial charge on any atom is 0.0387 e. The largest absolute Gasteiger partial charge is 0.301 e. The van der Waals surface area contributed by atoms with Gasteiger partial charge in [-0.25, -0.2) is 0 Å². The van der Waals surface area contributed by atoms with Crippen LogP contribution in [-0.4, -0.2) is 13.3 Å². The van der Waals surface area contributed by atoms with Gasteiger partial charge in [0, 0.05) is 6.54 Å². The van der Waals surface area contributed by atoms with Crippen LogP contribution in [0.15, 0.2) is 47.5 Å². The first-order valence-electron chi connectivity index (χ1n) is 7.68. The van der Waals surface area contributed by atoms with Crippen LogP contribution in [-0.2, 0) is 6.42 Å². The minimum Gasteiger partial charge on any atom is -0.301 e. The summed E-state index contributed by atoms with van der Waals surface area (Å²) in [5.74, 6) is 0.542. The molecule has 21 heavy (non-hydrogen) atoms. The minimum atomic E-state index is 0.542. The van der Waals surface area contributed by atoms with Crippen molar-refractivity contribution in [1.29, 1.82) is 0 Å². The Kier molecular flexibility index (Phi) is 5.32. The molecule has 0 aromatic heterocycles. The van der Waals surface area contributed by atoms with Gasteiger partial charge in [-0.15, -0.1) is 0 Å². The molecule has 110 valence electrons. The standard InChI is InChI=1S/C20H25N/c1-15(10-11-21-4)20-13-16(2)19(12-17(20)3)14-18-8-6-5-7-9-18/h5-9,12-13,15H,4,10-11,14H2,1-3H3. The van der Waals surface area contributed by atoms with E-state index in [0.29, 0.717) is 5.92 Å². The molecule has 2 rings (SSSR count). The van der Waals surface area contributed by atoms with Crippen molar-refractivity contribution in [3.63, 3.8) is 0 Å². The number of aliphatic imine (C=N–C) groups is 1. The molecule has 0 bridgehead atoms. The number of hydrogen-bond donors (Lipinski definition) is 0. The highest BCUT2D eigenvalue weighted by Gasteiger charge is 2.11. The highest BCUT2D eigenvalue weighted by Crippen LogP contribution is 2.27. The second-order valence-electron chi connectivity index (χ2n) is 5.93. The zero-order valence-corrected chi connectivity index (χ0v) is 13.4. The molecule has 0 heterocycles. The van der Waals surface area contributed by atoms with Crippen molar-refractivity contribution >= 4 is 6.72 Å². The lowest BCUT2D eigenvalue weighted by Gasteiger charge is -2.17. The zero-order chi connectivity index (χ0) is 15.2. The summed E-state index contributed by atoms with van der Waals surface area (Å²) in [5, 5.41) is 0. The highest BCUT2D eigenvalue weighted by molar-refractivity contribution is 5.41. The van der Waals surface area contributed by atoms with E-state index in [2.05, 4.69) is 74.9 Å². The molecule has 0 fully saturated rings. The van der Waals surface area contributed by atoms with Crippen LogP contribution in [0, 0.1) is 13.8 Å². The van der Waals surface area contributed by atoms with Gasteiger partial charge in [0.25, 0.3) is 0 Å². The molecular weight excluding hydrogens is 254 g/mol. The Morgan fingerprint density at radius 2 is 1.76 bits per heavy atom. The van der Waals surface area contributed by atoms with Gasteiger partial charge in [-0.05, 0) is 67.1 Å². The summed E-state index contributed by atoms with van der Waals surface area (Å²) in [6, 6.07) is 15.4. The van der Waals surface area contributed by atoms with Crippen molar-refractivity contribution < 1.29 is 0 Å². The Balaban J connectivity index is 2.22. The molecule has 0 amide bonds. The van der Waals surface area contributed by atoms with Crippen LogP contribution in [0.2, 0.25) is 0 Å². The predicted octanol–water partition coefficient (Wildman–Crippen LogP) is 5.09. The summed E-state index contributed by atoms with van der Waals surface area (Å²) in [6.45, 7) is 11.1. The fourth-order valence-corrected chi connectivity index (χ4v) is 2.88.